The maximum atomic E-state index is 12.4. The molecule has 142 valence electrons. The van der Waals surface area contributed by atoms with Gasteiger partial charge in [0.15, 0.2) is 6.61 Å². The van der Waals surface area contributed by atoms with Crippen LogP contribution >= 0.6 is 11.6 Å². The lowest BCUT2D eigenvalue weighted by Crippen LogP contribution is -2.24. The van der Waals surface area contributed by atoms with Crippen molar-refractivity contribution in [1.82, 2.24) is 10.2 Å². The number of aromatic nitrogens is 2. The van der Waals surface area contributed by atoms with E-state index in [-0.39, 0.29) is 18.4 Å². The third kappa shape index (κ3) is 3.75. The SMILES string of the molecule is O=C(OCc1nnc(-c2ccccc2)o1)c1ccc(Cl)c(N2CCCC2=O)c1. The van der Waals surface area contributed by atoms with E-state index in [4.69, 9.17) is 20.8 Å². The molecule has 0 aliphatic carbocycles. The Labute approximate surface area is 165 Å². The highest BCUT2D eigenvalue weighted by atomic mass is 35.5. The molecule has 1 saturated heterocycles. The van der Waals surface area contributed by atoms with Crippen LogP contribution in [-0.4, -0.2) is 28.6 Å². The lowest BCUT2D eigenvalue weighted by molar-refractivity contribution is -0.117. The molecule has 0 saturated carbocycles. The number of amides is 1. The van der Waals surface area contributed by atoms with Gasteiger partial charge in [0, 0.05) is 18.5 Å². The van der Waals surface area contributed by atoms with Gasteiger partial charge in [-0.15, -0.1) is 10.2 Å². The molecule has 0 radical (unpaired) electrons. The summed E-state index contributed by atoms with van der Waals surface area (Å²) in [5, 5.41) is 8.26. The number of benzene rings is 2. The number of rotatable bonds is 5. The van der Waals surface area contributed by atoms with Crippen LogP contribution < -0.4 is 4.90 Å². The third-order valence-corrected chi connectivity index (χ3v) is 4.68. The maximum Gasteiger partial charge on any atom is 0.338 e. The first-order valence-electron chi connectivity index (χ1n) is 8.76. The number of esters is 1. The Hall–Kier alpha value is -3.19. The van der Waals surface area contributed by atoms with Crippen LogP contribution in [0.25, 0.3) is 11.5 Å². The van der Waals surface area contributed by atoms with Gasteiger partial charge in [-0.2, -0.15) is 0 Å². The Morgan fingerprint density at radius 3 is 2.75 bits per heavy atom. The lowest BCUT2D eigenvalue weighted by atomic mass is 10.2. The molecule has 0 N–H and O–H groups in total. The van der Waals surface area contributed by atoms with E-state index < -0.39 is 5.97 Å². The van der Waals surface area contributed by atoms with Gasteiger partial charge < -0.3 is 14.1 Å². The standard InChI is InChI=1S/C20H16ClN3O4/c21-15-9-8-14(11-16(15)24-10-4-7-18(24)25)20(26)27-12-17-22-23-19(28-17)13-5-2-1-3-6-13/h1-3,5-6,8-9,11H,4,7,10,12H2. The van der Waals surface area contributed by atoms with Crippen LogP contribution in [0.2, 0.25) is 5.02 Å². The summed E-state index contributed by atoms with van der Waals surface area (Å²) in [6.45, 7) is 0.431. The summed E-state index contributed by atoms with van der Waals surface area (Å²) < 4.78 is 10.8. The van der Waals surface area contributed by atoms with Gasteiger partial charge in [-0.25, -0.2) is 4.79 Å². The van der Waals surface area contributed by atoms with Crippen LogP contribution in [0.4, 0.5) is 5.69 Å². The van der Waals surface area contributed by atoms with Gasteiger partial charge in [0.25, 0.3) is 5.89 Å². The Morgan fingerprint density at radius 2 is 2.00 bits per heavy atom. The second-order valence-electron chi connectivity index (χ2n) is 6.26. The summed E-state index contributed by atoms with van der Waals surface area (Å²) in [5.41, 5.74) is 1.59. The second kappa shape index (κ2) is 7.82. The van der Waals surface area contributed by atoms with Gasteiger partial charge in [0.2, 0.25) is 11.8 Å². The van der Waals surface area contributed by atoms with Crippen LogP contribution in [-0.2, 0) is 16.1 Å². The lowest BCUT2D eigenvalue weighted by Gasteiger charge is -2.18. The van der Waals surface area contributed by atoms with E-state index in [1.165, 1.54) is 0 Å². The first-order valence-corrected chi connectivity index (χ1v) is 9.14. The third-order valence-electron chi connectivity index (χ3n) is 4.36. The Balaban J connectivity index is 1.44. The molecule has 8 heteroatoms. The average molecular weight is 398 g/mol. The summed E-state index contributed by atoms with van der Waals surface area (Å²) in [6.07, 6.45) is 1.25. The molecule has 7 nitrogen and oxygen atoms in total. The molecule has 0 unspecified atom stereocenters. The van der Waals surface area contributed by atoms with Crippen molar-refractivity contribution in [3.8, 4) is 11.5 Å². The van der Waals surface area contributed by atoms with Gasteiger partial charge in [0.05, 0.1) is 16.3 Å². The Morgan fingerprint density at radius 1 is 1.18 bits per heavy atom. The molecule has 1 aliphatic rings. The van der Waals surface area contributed by atoms with E-state index in [0.717, 1.165) is 12.0 Å². The molecule has 2 aromatic carbocycles. The number of hydrogen-bond acceptors (Lipinski definition) is 6. The zero-order valence-corrected chi connectivity index (χ0v) is 15.6. The maximum absolute atomic E-state index is 12.4. The fourth-order valence-corrected chi connectivity index (χ4v) is 3.19. The molecule has 3 aromatic rings. The zero-order chi connectivity index (χ0) is 19.5. The van der Waals surface area contributed by atoms with Crippen molar-refractivity contribution in [3.63, 3.8) is 0 Å². The number of halogens is 1. The molecule has 0 atom stereocenters. The predicted octanol–water partition coefficient (Wildman–Crippen LogP) is 3.87. The fourth-order valence-electron chi connectivity index (χ4n) is 2.97. The minimum Gasteiger partial charge on any atom is -0.452 e. The smallest absolute Gasteiger partial charge is 0.338 e. The van der Waals surface area contributed by atoms with Gasteiger partial charge in [-0.3, -0.25) is 4.79 Å². The van der Waals surface area contributed by atoms with Crippen molar-refractivity contribution in [2.24, 2.45) is 0 Å². The van der Waals surface area contributed by atoms with E-state index in [0.29, 0.717) is 35.1 Å². The number of nitrogens with zero attached hydrogens (tertiary/aromatic N) is 3. The topological polar surface area (TPSA) is 85.5 Å². The van der Waals surface area contributed by atoms with Crippen molar-refractivity contribution >= 4 is 29.2 Å². The van der Waals surface area contributed by atoms with Crippen LogP contribution in [0.1, 0.15) is 29.1 Å². The van der Waals surface area contributed by atoms with Crippen molar-refractivity contribution < 1.29 is 18.7 Å². The molecule has 28 heavy (non-hydrogen) atoms. The van der Waals surface area contributed by atoms with E-state index in [9.17, 15) is 9.59 Å². The highest BCUT2D eigenvalue weighted by molar-refractivity contribution is 6.34. The first kappa shape index (κ1) is 18.2. The largest absolute Gasteiger partial charge is 0.452 e. The minimum absolute atomic E-state index is 0.00767. The van der Waals surface area contributed by atoms with E-state index >= 15 is 0 Å². The van der Waals surface area contributed by atoms with Crippen LogP contribution in [0, 0.1) is 0 Å². The van der Waals surface area contributed by atoms with E-state index in [1.54, 1.807) is 23.1 Å². The number of ether oxygens (including phenoxy) is 1. The first-order chi connectivity index (χ1) is 13.6. The van der Waals surface area contributed by atoms with Gasteiger partial charge in [-0.1, -0.05) is 29.8 Å². The average Bonchev–Trinajstić information content (AvgIpc) is 3.36. The molecule has 1 aromatic heterocycles. The monoisotopic (exact) mass is 397 g/mol. The quantitative estimate of drug-likeness (QED) is 0.607. The number of hydrogen-bond donors (Lipinski definition) is 0. The molecule has 2 heterocycles. The van der Waals surface area contributed by atoms with Crippen molar-refractivity contribution in [1.29, 1.82) is 0 Å². The van der Waals surface area contributed by atoms with Gasteiger partial charge >= 0.3 is 5.97 Å². The predicted molar refractivity (Wildman–Crippen MR) is 102 cm³/mol. The summed E-state index contributed by atoms with van der Waals surface area (Å²) in [4.78, 5) is 25.9. The highest BCUT2D eigenvalue weighted by Gasteiger charge is 2.25. The van der Waals surface area contributed by atoms with Crippen molar-refractivity contribution in [2.75, 3.05) is 11.4 Å². The molecule has 0 bridgehead atoms. The summed E-state index contributed by atoms with van der Waals surface area (Å²) in [7, 11) is 0. The number of carbonyl (C=O) groups excluding carboxylic acids is 2. The normalized spacial score (nSPS) is 13.8. The van der Waals surface area contributed by atoms with E-state index in [1.807, 2.05) is 30.3 Å². The molecule has 0 spiro atoms. The molecule has 1 amide bonds. The second-order valence-corrected chi connectivity index (χ2v) is 6.67. The van der Waals surface area contributed by atoms with Crippen LogP contribution in [0.15, 0.2) is 52.9 Å². The van der Waals surface area contributed by atoms with Crippen molar-refractivity contribution in [3.05, 3.63) is 65.0 Å². The number of carbonyl (C=O) groups is 2. The molecule has 4 rings (SSSR count). The highest BCUT2D eigenvalue weighted by Crippen LogP contribution is 2.30. The molecule has 1 fully saturated rings. The minimum atomic E-state index is -0.566. The molecular formula is C20H16ClN3O4. The fraction of sp³-hybridized carbons (Fsp3) is 0.200. The molecular weight excluding hydrogens is 382 g/mol. The van der Waals surface area contributed by atoms with Crippen molar-refractivity contribution in [2.45, 2.75) is 19.4 Å². The van der Waals surface area contributed by atoms with E-state index in [2.05, 4.69) is 10.2 Å². The van der Waals surface area contributed by atoms with Crippen LogP contribution in [0.5, 0.6) is 0 Å². The Kier molecular flexibility index (Phi) is 5.08. The van der Waals surface area contributed by atoms with Crippen LogP contribution in [0.3, 0.4) is 0 Å². The zero-order valence-electron chi connectivity index (χ0n) is 14.8. The summed E-state index contributed by atoms with van der Waals surface area (Å²) in [6, 6.07) is 14.0. The summed E-state index contributed by atoms with van der Waals surface area (Å²) >= 11 is 6.20. The van der Waals surface area contributed by atoms with Gasteiger partial charge in [-0.05, 0) is 36.8 Å². The van der Waals surface area contributed by atoms with Gasteiger partial charge in [0.1, 0.15) is 0 Å². The summed E-state index contributed by atoms with van der Waals surface area (Å²) in [5.74, 6) is -0.0279. The number of anilines is 1. The Bertz CT molecular complexity index is 1020. The molecule has 1 aliphatic heterocycles.